The standard InChI is InChI=1S/C19H27N5O2S/c1-13-17(20)22-18(23-19(13)24-6-8-27-9-7-24)14-4-3-5-16(10-14)26-12-15(25)11-21-2/h3-5,10,15,21,25H,6-9,11-12H2,1-2H3,(H2,20,22,23). The summed E-state index contributed by atoms with van der Waals surface area (Å²) in [6.07, 6.45) is -0.562. The fraction of sp³-hybridized carbons (Fsp3) is 0.474. The van der Waals surface area contributed by atoms with Crippen LogP contribution in [0.4, 0.5) is 11.6 Å². The molecular weight excluding hydrogens is 362 g/mol. The highest BCUT2D eigenvalue weighted by Crippen LogP contribution is 2.29. The Labute approximate surface area is 164 Å². The maximum absolute atomic E-state index is 9.81. The molecule has 2 aromatic rings. The summed E-state index contributed by atoms with van der Waals surface area (Å²) in [5.74, 6) is 4.86. The monoisotopic (exact) mass is 389 g/mol. The summed E-state index contributed by atoms with van der Waals surface area (Å²) in [6.45, 7) is 4.60. The number of hydrogen-bond acceptors (Lipinski definition) is 8. The molecular formula is C19H27N5O2S. The number of nitrogen functional groups attached to an aromatic ring is 1. The molecule has 0 spiro atoms. The van der Waals surface area contributed by atoms with Crippen LogP contribution in [0, 0.1) is 6.92 Å². The van der Waals surface area contributed by atoms with E-state index in [2.05, 4.69) is 15.2 Å². The van der Waals surface area contributed by atoms with Crippen LogP contribution in [-0.4, -0.2) is 66.0 Å². The minimum Gasteiger partial charge on any atom is -0.491 e. The molecule has 0 bridgehead atoms. The number of rotatable bonds is 7. The van der Waals surface area contributed by atoms with Crippen LogP contribution < -0.4 is 20.7 Å². The van der Waals surface area contributed by atoms with Crippen LogP contribution in [0.15, 0.2) is 24.3 Å². The number of aromatic nitrogens is 2. The van der Waals surface area contributed by atoms with Crippen molar-refractivity contribution in [3.63, 3.8) is 0 Å². The van der Waals surface area contributed by atoms with Crippen LogP contribution >= 0.6 is 11.8 Å². The van der Waals surface area contributed by atoms with Gasteiger partial charge in [-0.05, 0) is 26.1 Å². The number of aliphatic hydroxyl groups excluding tert-OH is 1. The van der Waals surface area contributed by atoms with Crippen LogP contribution in [0.5, 0.6) is 5.75 Å². The Morgan fingerprint density at radius 2 is 2.11 bits per heavy atom. The van der Waals surface area contributed by atoms with E-state index in [1.165, 1.54) is 0 Å². The van der Waals surface area contributed by atoms with Gasteiger partial charge in [0.15, 0.2) is 5.82 Å². The molecule has 1 fully saturated rings. The molecule has 4 N–H and O–H groups in total. The molecule has 0 radical (unpaired) electrons. The first kappa shape index (κ1) is 19.7. The molecule has 2 heterocycles. The third-order valence-corrected chi connectivity index (χ3v) is 5.39. The predicted molar refractivity (Wildman–Crippen MR) is 112 cm³/mol. The van der Waals surface area contributed by atoms with Gasteiger partial charge in [-0.3, -0.25) is 0 Å². The zero-order valence-corrected chi connectivity index (χ0v) is 16.6. The van der Waals surface area contributed by atoms with Gasteiger partial charge in [-0.1, -0.05) is 12.1 Å². The van der Waals surface area contributed by atoms with E-state index in [4.69, 9.17) is 15.5 Å². The van der Waals surface area contributed by atoms with Gasteiger partial charge in [-0.25, -0.2) is 9.97 Å². The summed E-state index contributed by atoms with van der Waals surface area (Å²) in [4.78, 5) is 11.6. The highest BCUT2D eigenvalue weighted by molar-refractivity contribution is 7.99. The smallest absolute Gasteiger partial charge is 0.164 e. The van der Waals surface area contributed by atoms with Gasteiger partial charge in [0.1, 0.15) is 30.1 Å². The van der Waals surface area contributed by atoms with Crippen LogP contribution in [0.25, 0.3) is 11.4 Å². The number of thioether (sulfide) groups is 1. The largest absolute Gasteiger partial charge is 0.491 e. The number of likely N-dealkylation sites (N-methyl/N-ethyl adjacent to an activating group) is 1. The summed E-state index contributed by atoms with van der Waals surface area (Å²) in [5, 5.41) is 12.7. The Kier molecular flexibility index (Phi) is 6.76. The normalized spacial score (nSPS) is 15.6. The number of ether oxygens (including phenoxy) is 1. The molecule has 1 aliphatic rings. The number of hydrogen-bond donors (Lipinski definition) is 3. The second kappa shape index (κ2) is 9.25. The Morgan fingerprint density at radius 1 is 1.33 bits per heavy atom. The molecule has 1 saturated heterocycles. The van der Waals surface area contributed by atoms with E-state index in [1.807, 2.05) is 43.0 Å². The summed E-state index contributed by atoms with van der Waals surface area (Å²) in [5.41, 5.74) is 7.95. The van der Waals surface area contributed by atoms with Crippen molar-refractivity contribution in [3.8, 4) is 17.1 Å². The third kappa shape index (κ3) is 5.03. The lowest BCUT2D eigenvalue weighted by atomic mass is 10.2. The number of anilines is 2. The van der Waals surface area contributed by atoms with Crippen LogP contribution in [0.2, 0.25) is 0 Å². The second-order valence-corrected chi connectivity index (χ2v) is 7.76. The average molecular weight is 390 g/mol. The lowest BCUT2D eigenvalue weighted by molar-refractivity contribution is 0.108. The van der Waals surface area contributed by atoms with Crippen LogP contribution in [0.1, 0.15) is 5.56 Å². The van der Waals surface area contributed by atoms with E-state index < -0.39 is 6.10 Å². The molecule has 1 aromatic carbocycles. The third-order valence-electron chi connectivity index (χ3n) is 4.44. The molecule has 8 heteroatoms. The topological polar surface area (TPSA) is 96.5 Å². The van der Waals surface area contributed by atoms with Crippen LogP contribution in [0.3, 0.4) is 0 Å². The maximum atomic E-state index is 9.81. The van der Waals surface area contributed by atoms with E-state index in [-0.39, 0.29) is 6.61 Å². The molecule has 1 unspecified atom stereocenters. The van der Waals surface area contributed by atoms with Crippen molar-refractivity contribution in [3.05, 3.63) is 29.8 Å². The molecule has 3 rings (SSSR count). The molecule has 7 nitrogen and oxygen atoms in total. The van der Waals surface area contributed by atoms with Gasteiger partial charge >= 0.3 is 0 Å². The van der Waals surface area contributed by atoms with E-state index >= 15 is 0 Å². The molecule has 0 aliphatic carbocycles. The van der Waals surface area contributed by atoms with Crippen molar-refractivity contribution >= 4 is 23.4 Å². The van der Waals surface area contributed by atoms with Gasteiger partial charge in [0, 0.05) is 42.3 Å². The molecule has 146 valence electrons. The van der Waals surface area contributed by atoms with Crippen molar-refractivity contribution in [2.24, 2.45) is 0 Å². The molecule has 0 saturated carbocycles. The number of aliphatic hydroxyl groups is 1. The highest BCUT2D eigenvalue weighted by atomic mass is 32.2. The summed E-state index contributed by atoms with van der Waals surface area (Å²) in [7, 11) is 1.79. The molecule has 0 amide bonds. The molecule has 1 aromatic heterocycles. The van der Waals surface area contributed by atoms with E-state index in [0.717, 1.165) is 41.5 Å². The van der Waals surface area contributed by atoms with E-state index in [0.29, 0.717) is 23.9 Å². The summed E-state index contributed by atoms with van der Waals surface area (Å²) in [6, 6.07) is 7.57. The second-order valence-electron chi connectivity index (χ2n) is 6.53. The Balaban J connectivity index is 1.83. The first-order valence-corrected chi connectivity index (χ1v) is 10.3. The van der Waals surface area contributed by atoms with Gasteiger partial charge in [0.2, 0.25) is 0 Å². The predicted octanol–water partition coefficient (Wildman–Crippen LogP) is 1.55. The number of nitrogens with zero attached hydrogens (tertiary/aromatic N) is 3. The van der Waals surface area contributed by atoms with Crippen molar-refractivity contribution in [1.29, 1.82) is 0 Å². The van der Waals surface area contributed by atoms with Gasteiger partial charge in [-0.2, -0.15) is 11.8 Å². The van der Waals surface area contributed by atoms with Crippen molar-refractivity contribution in [2.45, 2.75) is 13.0 Å². The quantitative estimate of drug-likeness (QED) is 0.656. The fourth-order valence-corrected chi connectivity index (χ4v) is 3.85. The van der Waals surface area contributed by atoms with E-state index in [1.54, 1.807) is 7.05 Å². The Bertz CT molecular complexity index is 768. The highest BCUT2D eigenvalue weighted by Gasteiger charge is 2.18. The van der Waals surface area contributed by atoms with Crippen molar-refractivity contribution < 1.29 is 9.84 Å². The molecule has 27 heavy (non-hydrogen) atoms. The van der Waals surface area contributed by atoms with E-state index in [9.17, 15) is 5.11 Å². The zero-order chi connectivity index (χ0) is 19.2. The number of nitrogens with two attached hydrogens (primary N) is 1. The first-order chi connectivity index (χ1) is 13.1. The lowest BCUT2D eigenvalue weighted by Crippen LogP contribution is -2.34. The average Bonchev–Trinajstić information content (AvgIpc) is 2.69. The van der Waals surface area contributed by atoms with Gasteiger partial charge < -0.3 is 25.8 Å². The lowest BCUT2D eigenvalue weighted by Gasteiger charge is -2.29. The first-order valence-electron chi connectivity index (χ1n) is 9.11. The Hall–Kier alpha value is -2.03. The molecule has 1 aliphatic heterocycles. The van der Waals surface area contributed by atoms with Gasteiger partial charge in [0.05, 0.1) is 0 Å². The number of nitrogens with one attached hydrogen (secondary N) is 1. The van der Waals surface area contributed by atoms with Gasteiger partial charge in [0.25, 0.3) is 0 Å². The van der Waals surface area contributed by atoms with Crippen LogP contribution in [-0.2, 0) is 0 Å². The van der Waals surface area contributed by atoms with Crippen molar-refractivity contribution in [1.82, 2.24) is 15.3 Å². The maximum Gasteiger partial charge on any atom is 0.164 e. The zero-order valence-electron chi connectivity index (χ0n) is 15.8. The molecule has 1 atom stereocenters. The summed E-state index contributed by atoms with van der Waals surface area (Å²) >= 11 is 1.96. The SMILES string of the molecule is CNCC(O)COc1cccc(-c2nc(N)c(C)c(N3CCSCC3)n2)c1. The minimum atomic E-state index is -0.562. The fourth-order valence-electron chi connectivity index (χ4n) is 2.95. The van der Waals surface area contributed by atoms with Gasteiger partial charge in [-0.15, -0.1) is 0 Å². The Morgan fingerprint density at radius 3 is 2.85 bits per heavy atom. The van der Waals surface area contributed by atoms with Crippen molar-refractivity contribution in [2.75, 3.05) is 55.4 Å². The number of benzene rings is 1. The summed E-state index contributed by atoms with van der Waals surface area (Å²) < 4.78 is 5.69. The minimum absolute atomic E-state index is 0.220.